The molecule has 2 aliphatic heterocycles. The van der Waals surface area contributed by atoms with Crippen molar-refractivity contribution in [3.8, 4) is 0 Å². The molecule has 0 spiro atoms. The van der Waals surface area contributed by atoms with Crippen LogP contribution in [0.25, 0.3) is 0 Å². The highest BCUT2D eigenvalue weighted by Gasteiger charge is 2.31. The van der Waals surface area contributed by atoms with Gasteiger partial charge in [-0.2, -0.15) is 4.31 Å². The average Bonchev–Trinajstić information content (AvgIpc) is 2.73. The number of carbonyl (C=O) groups is 1. The molecule has 0 aliphatic carbocycles. The number of benzene rings is 1. The lowest BCUT2D eigenvalue weighted by atomic mass is 10.1. The van der Waals surface area contributed by atoms with Crippen LogP contribution in [0, 0.1) is 0 Å². The van der Waals surface area contributed by atoms with Gasteiger partial charge in [-0.3, -0.25) is 4.79 Å². The van der Waals surface area contributed by atoms with Crippen molar-refractivity contribution in [1.29, 1.82) is 0 Å². The quantitative estimate of drug-likeness (QED) is 0.855. The third-order valence-electron chi connectivity index (χ3n) is 4.13. The third kappa shape index (κ3) is 2.45. The highest BCUT2D eigenvalue weighted by Crippen LogP contribution is 2.31. The molecule has 0 saturated carbocycles. The standard InChI is InChI=1S/C14H18N2O4S/c1-15-13-5-4-12(7-10(13)8-14(15)18)21(19,20)16-6-2-3-11(17)9-16/h4-5,7,11,17H,2-3,6,8-9H2,1H3. The SMILES string of the molecule is CN1C(=O)Cc2cc(S(=O)(=O)N3CCCC(O)C3)ccc21. The topological polar surface area (TPSA) is 77.9 Å². The van der Waals surface area contributed by atoms with E-state index in [0.29, 0.717) is 19.4 Å². The molecule has 1 N–H and O–H groups in total. The van der Waals surface area contributed by atoms with Gasteiger partial charge in [0.2, 0.25) is 15.9 Å². The lowest BCUT2D eigenvalue weighted by Gasteiger charge is -2.29. The highest BCUT2D eigenvalue weighted by atomic mass is 32.2. The molecule has 2 heterocycles. The van der Waals surface area contributed by atoms with Crippen molar-refractivity contribution >= 4 is 21.6 Å². The van der Waals surface area contributed by atoms with Crippen LogP contribution in [0.1, 0.15) is 18.4 Å². The molecule has 1 unspecified atom stereocenters. The molecular formula is C14H18N2O4S. The van der Waals surface area contributed by atoms with Gasteiger partial charge >= 0.3 is 0 Å². The van der Waals surface area contributed by atoms with E-state index in [1.807, 2.05) is 0 Å². The summed E-state index contributed by atoms with van der Waals surface area (Å²) in [7, 11) is -1.92. The summed E-state index contributed by atoms with van der Waals surface area (Å²) in [6.45, 7) is 0.563. The van der Waals surface area contributed by atoms with Crippen LogP contribution < -0.4 is 4.90 Å². The van der Waals surface area contributed by atoms with Crippen LogP contribution in [0.3, 0.4) is 0 Å². The van der Waals surface area contributed by atoms with Crippen molar-refractivity contribution < 1.29 is 18.3 Å². The molecule has 0 aromatic heterocycles. The molecule has 21 heavy (non-hydrogen) atoms. The number of likely N-dealkylation sites (N-methyl/N-ethyl adjacent to an activating group) is 1. The summed E-state index contributed by atoms with van der Waals surface area (Å²) in [5.41, 5.74) is 1.50. The summed E-state index contributed by atoms with van der Waals surface area (Å²) in [5, 5.41) is 9.66. The first-order valence-electron chi connectivity index (χ1n) is 6.97. The van der Waals surface area contributed by atoms with Gasteiger partial charge in [-0.15, -0.1) is 0 Å². The number of hydrogen-bond acceptors (Lipinski definition) is 4. The van der Waals surface area contributed by atoms with Crippen LogP contribution in [0.5, 0.6) is 0 Å². The molecule has 1 atom stereocenters. The molecule has 1 aromatic rings. The Balaban J connectivity index is 1.94. The van der Waals surface area contributed by atoms with Crippen LogP contribution >= 0.6 is 0 Å². The largest absolute Gasteiger partial charge is 0.392 e. The Morgan fingerprint density at radius 2 is 2.10 bits per heavy atom. The predicted molar refractivity (Wildman–Crippen MR) is 77.6 cm³/mol. The van der Waals surface area contributed by atoms with E-state index >= 15 is 0 Å². The first-order valence-corrected chi connectivity index (χ1v) is 8.41. The van der Waals surface area contributed by atoms with Gasteiger partial charge in [0.25, 0.3) is 0 Å². The van der Waals surface area contributed by atoms with Crippen LogP contribution in [0.4, 0.5) is 5.69 Å². The summed E-state index contributed by atoms with van der Waals surface area (Å²) < 4.78 is 26.5. The van der Waals surface area contributed by atoms with Gasteiger partial charge in [-0.05, 0) is 36.6 Å². The molecular weight excluding hydrogens is 292 g/mol. The number of piperidine rings is 1. The number of rotatable bonds is 2. The molecule has 0 bridgehead atoms. The fourth-order valence-corrected chi connectivity index (χ4v) is 4.46. The van der Waals surface area contributed by atoms with Gasteiger partial charge in [0.15, 0.2) is 0 Å². The third-order valence-corrected chi connectivity index (χ3v) is 5.99. The Labute approximate surface area is 124 Å². The zero-order valence-electron chi connectivity index (χ0n) is 11.8. The maximum Gasteiger partial charge on any atom is 0.243 e. The molecule has 2 aliphatic rings. The van der Waals surface area contributed by atoms with Gasteiger partial charge in [0, 0.05) is 25.8 Å². The van der Waals surface area contributed by atoms with Gasteiger partial charge < -0.3 is 10.0 Å². The molecule has 1 saturated heterocycles. The van der Waals surface area contributed by atoms with E-state index in [2.05, 4.69) is 0 Å². The molecule has 1 fully saturated rings. The lowest BCUT2D eigenvalue weighted by Crippen LogP contribution is -2.42. The Hall–Kier alpha value is -1.44. The van der Waals surface area contributed by atoms with E-state index in [1.54, 1.807) is 19.2 Å². The molecule has 3 rings (SSSR count). The minimum Gasteiger partial charge on any atom is -0.392 e. The highest BCUT2D eigenvalue weighted by molar-refractivity contribution is 7.89. The van der Waals surface area contributed by atoms with Crippen molar-refractivity contribution in [3.05, 3.63) is 23.8 Å². The van der Waals surface area contributed by atoms with Crippen LogP contribution in [0.15, 0.2) is 23.1 Å². The Morgan fingerprint density at radius 3 is 2.81 bits per heavy atom. The van der Waals surface area contributed by atoms with Gasteiger partial charge in [-0.25, -0.2) is 8.42 Å². The number of β-amino-alcohol motifs (C(OH)–C–C–N with tert-alkyl or cyclic N) is 1. The minimum absolute atomic E-state index is 0.0343. The summed E-state index contributed by atoms with van der Waals surface area (Å²) >= 11 is 0. The monoisotopic (exact) mass is 310 g/mol. The summed E-state index contributed by atoms with van der Waals surface area (Å²) in [5.74, 6) is -0.0343. The number of aliphatic hydroxyl groups excluding tert-OH is 1. The maximum atomic E-state index is 12.6. The number of aliphatic hydroxyl groups is 1. The fourth-order valence-electron chi connectivity index (χ4n) is 2.90. The van der Waals surface area contributed by atoms with Crippen molar-refractivity contribution in [2.24, 2.45) is 0 Å². The first-order chi connectivity index (χ1) is 9.89. The number of fused-ring (bicyclic) bond motifs is 1. The summed E-state index contributed by atoms with van der Waals surface area (Å²) in [6, 6.07) is 4.78. The fraction of sp³-hybridized carbons (Fsp3) is 0.500. The second kappa shape index (κ2) is 5.08. The average molecular weight is 310 g/mol. The van der Waals surface area contributed by atoms with E-state index in [-0.39, 0.29) is 23.8 Å². The first kappa shape index (κ1) is 14.5. The zero-order chi connectivity index (χ0) is 15.2. The van der Waals surface area contributed by atoms with E-state index < -0.39 is 16.1 Å². The smallest absolute Gasteiger partial charge is 0.243 e. The van der Waals surface area contributed by atoms with Crippen molar-refractivity contribution in [2.45, 2.75) is 30.3 Å². The minimum atomic E-state index is -3.61. The van der Waals surface area contributed by atoms with E-state index in [1.165, 1.54) is 15.3 Å². The summed E-state index contributed by atoms with van der Waals surface area (Å²) in [4.78, 5) is 13.4. The molecule has 7 heteroatoms. The predicted octanol–water partition coefficient (Wildman–Crippen LogP) is 0.351. The number of anilines is 1. The Bertz CT molecular complexity index is 686. The summed E-state index contributed by atoms with van der Waals surface area (Å²) in [6.07, 6.45) is 0.926. The molecule has 0 radical (unpaired) electrons. The maximum absolute atomic E-state index is 12.6. The van der Waals surface area contributed by atoms with Gasteiger partial charge in [0.1, 0.15) is 0 Å². The van der Waals surface area contributed by atoms with Gasteiger partial charge in [0.05, 0.1) is 17.4 Å². The molecule has 1 amide bonds. The van der Waals surface area contributed by atoms with E-state index in [0.717, 1.165) is 11.3 Å². The number of amides is 1. The van der Waals surface area contributed by atoms with Crippen LogP contribution in [-0.4, -0.2) is 50.0 Å². The normalized spacial score (nSPS) is 23.4. The van der Waals surface area contributed by atoms with Crippen LogP contribution in [0.2, 0.25) is 0 Å². The molecule has 6 nitrogen and oxygen atoms in total. The van der Waals surface area contributed by atoms with Crippen LogP contribution in [-0.2, 0) is 21.2 Å². The molecule has 1 aromatic carbocycles. The van der Waals surface area contributed by atoms with E-state index in [9.17, 15) is 18.3 Å². The lowest BCUT2D eigenvalue weighted by molar-refractivity contribution is -0.117. The number of nitrogens with zero attached hydrogens (tertiary/aromatic N) is 2. The second-order valence-corrected chi connectivity index (χ2v) is 7.52. The second-order valence-electron chi connectivity index (χ2n) is 5.58. The zero-order valence-corrected chi connectivity index (χ0v) is 12.6. The number of hydrogen-bond donors (Lipinski definition) is 1. The van der Waals surface area contributed by atoms with Crippen molar-refractivity contribution in [1.82, 2.24) is 4.31 Å². The van der Waals surface area contributed by atoms with Crippen molar-refractivity contribution in [3.63, 3.8) is 0 Å². The molecule has 114 valence electrons. The Kier molecular flexibility index (Phi) is 3.51. The van der Waals surface area contributed by atoms with E-state index in [4.69, 9.17) is 0 Å². The Morgan fingerprint density at radius 1 is 1.33 bits per heavy atom. The number of carbonyl (C=O) groups excluding carboxylic acids is 1. The van der Waals surface area contributed by atoms with Crippen molar-refractivity contribution in [2.75, 3.05) is 25.0 Å². The van der Waals surface area contributed by atoms with Gasteiger partial charge in [-0.1, -0.05) is 0 Å². The number of sulfonamides is 1.